The maximum absolute atomic E-state index is 11.6. The molecule has 2 unspecified atom stereocenters. The van der Waals surface area contributed by atoms with E-state index in [1.54, 1.807) is 18.0 Å². The molecule has 1 saturated heterocycles. The zero-order valence-electron chi connectivity index (χ0n) is 19.3. The van der Waals surface area contributed by atoms with Gasteiger partial charge in [0.15, 0.2) is 0 Å². The average molecular weight is 477 g/mol. The van der Waals surface area contributed by atoms with Gasteiger partial charge in [0.1, 0.15) is 6.10 Å². The van der Waals surface area contributed by atoms with Gasteiger partial charge in [-0.15, -0.1) is 11.8 Å². The Morgan fingerprint density at radius 2 is 1.88 bits per heavy atom. The Bertz CT molecular complexity index is 965. The van der Waals surface area contributed by atoms with Gasteiger partial charge in [-0.2, -0.15) is 0 Å². The first-order chi connectivity index (χ1) is 15.8. The molecule has 1 aromatic carbocycles. The number of rotatable bonds is 5. The summed E-state index contributed by atoms with van der Waals surface area (Å²) in [5, 5.41) is 45.2. The fourth-order valence-corrected chi connectivity index (χ4v) is 7.29. The highest BCUT2D eigenvalue weighted by Crippen LogP contribution is 2.41. The fourth-order valence-electron chi connectivity index (χ4n) is 5.68. The van der Waals surface area contributed by atoms with Crippen LogP contribution in [-0.4, -0.2) is 72.0 Å². The second kappa shape index (κ2) is 10.4. The molecule has 0 radical (unpaired) electrons. The van der Waals surface area contributed by atoms with Gasteiger partial charge in [0.05, 0.1) is 17.7 Å². The van der Waals surface area contributed by atoms with Crippen molar-refractivity contribution in [2.75, 3.05) is 0 Å². The van der Waals surface area contributed by atoms with Crippen molar-refractivity contribution in [2.45, 2.75) is 93.3 Å². The highest BCUT2D eigenvalue weighted by atomic mass is 32.2. The van der Waals surface area contributed by atoms with E-state index in [4.69, 9.17) is 0 Å². The summed E-state index contributed by atoms with van der Waals surface area (Å²) in [5.74, 6) is 0.274. The lowest BCUT2D eigenvalue weighted by atomic mass is 9.87. The molecular formula is C25H36N2O5S. The van der Waals surface area contributed by atoms with E-state index in [2.05, 4.69) is 12.2 Å². The van der Waals surface area contributed by atoms with Crippen LogP contribution in [0.4, 0.5) is 4.79 Å². The lowest BCUT2D eigenvalue weighted by Gasteiger charge is -2.42. The van der Waals surface area contributed by atoms with Gasteiger partial charge in [0.25, 0.3) is 0 Å². The fraction of sp³-hybridized carbons (Fsp3) is 0.640. The molecule has 7 nitrogen and oxygen atoms in total. The molecule has 4 rings (SSSR count). The topological polar surface area (TPSA) is 115 Å². The van der Waals surface area contributed by atoms with Crippen LogP contribution >= 0.6 is 11.8 Å². The lowest BCUT2D eigenvalue weighted by Crippen LogP contribution is -2.54. The van der Waals surface area contributed by atoms with Crippen LogP contribution in [0.1, 0.15) is 51.5 Å². The molecule has 2 aliphatic rings. The number of aliphatic hydroxyl groups is 3. The molecule has 2 heterocycles. The number of carboxylic acid groups (broad SMARTS) is 1. The summed E-state index contributed by atoms with van der Waals surface area (Å²) in [6.07, 6.45) is 3.79. The molecule has 182 valence electrons. The zero-order chi connectivity index (χ0) is 23.7. The van der Waals surface area contributed by atoms with Crippen LogP contribution in [0.2, 0.25) is 0 Å². The van der Waals surface area contributed by atoms with Gasteiger partial charge < -0.3 is 25.7 Å². The number of aliphatic hydroxyl groups excluding tert-OH is 3. The van der Waals surface area contributed by atoms with Crippen molar-refractivity contribution in [3.8, 4) is 0 Å². The van der Waals surface area contributed by atoms with E-state index in [-0.39, 0.29) is 22.5 Å². The monoisotopic (exact) mass is 476 g/mol. The minimum atomic E-state index is -1.09. The first kappa shape index (κ1) is 24.5. The SMILES string of the molecule is C[C@H](Cc1cn(C(=O)O)c2ccccc12)NC1CCCCC([C@@H]2S[C@@H](C)[C@@H](O)[C@@H](O)[C@@H]2O)C1. The smallest absolute Gasteiger partial charge is 0.416 e. The maximum Gasteiger partial charge on any atom is 0.416 e. The Morgan fingerprint density at radius 3 is 2.64 bits per heavy atom. The van der Waals surface area contributed by atoms with E-state index >= 15 is 0 Å². The number of hydrogen-bond donors (Lipinski definition) is 5. The van der Waals surface area contributed by atoms with Crippen molar-refractivity contribution < 1.29 is 25.2 Å². The number of aromatic nitrogens is 1. The predicted octanol–water partition coefficient (Wildman–Crippen LogP) is 3.22. The van der Waals surface area contributed by atoms with Gasteiger partial charge in [-0.05, 0) is 50.2 Å². The number of nitrogens with zero attached hydrogens (tertiary/aromatic N) is 1. The van der Waals surface area contributed by atoms with Gasteiger partial charge in [0.2, 0.25) is 0 Å². The Morgan fingerprint density at radius 1 is 1.15 bits per heavy atom. The number of para-hydroxylation sites is 1. The largest absolute Gasteiger partial charge is 0.464 e. The Labute approximate surface area is 199 Å². The predicted molar refractivity (Wildman–Crippen MR) is 131 cm³/mol. The first-order valence-corrected chi connectivity index (χ1v) is 13.0. The molecule has 5 N–H and O–H groups in total. The molecule has 1 aliphatic heterocycles. The van der Waals surface area contributed by atoms with Gasteiger partial charge in [-0.1, -0.05) is 38.0 Å². The standard InChI is InChI=1S/C25H36N2O5S/c1-14(11-17-13-27(25(31)32)20-10-6-5-9-19(17)20)26-18-8-4-3-7-16(12-18)24-23(30)22(29)21(28)15(2)33-24/h5-6,9-10,13-16,18,21-24,26,28-30H,3-4,7-8,11-12H2,1-2H3,(H,31,32)/t14-,15+,16?,18?,21-,22-,23+,24+/m1/s1. The van der Waals surface area contributed by atoms with Crippen molar-refractivity contribution in [3.63, 3.8) is 0 Å². The molecule has 8 heteroatoms. The van der Waals surface area contributed by atoms with Gasteiger partial charge >= 0.3 is 6.09 Å². The van der Waals surface area contributed by atoms with E-state index in [0.717, 1.165) is 49.5 Å². The van der Waals surface area contributed by atoms with Crippen molar-refractivity contribution >= 4 is 28.8 Å². The molecule has 1 aliphatic carbocycles. The normalized spacial score (nSPS) is 34.2. The molecule has 2 aromatic rings. The quantitative estimate of drug-likeness (QED) is 0.421. The number of fused-ring (bicyclic) bond motifs is 1. The Kier molecular flexibility index (Phi) is 7.70. The van der Waals surface area contributed by atoms with E-state index in [1.807, 2.05) is 31.2 Å². The van der Waals surface area contributed by atoms with Gasteiger partial charge in [-0.3, -0.25) is 4.57 Å². The van der Waals surface area contributed by atoms with Crippen molar-refractivity contribution in [1.82, 2.24) is 9.88 Å². The number of benzene rings is 1. The second-order valence-electron chi connectivity index (χ2n) is 9.85. The van der Waals surface area contributed by atoms with E-state index in [0.29, 0.717) is 11.6 Å². The van der Waals surface area contributed by atoms with Crippen LogP contribution in [0, 0.1) is 5.92 Å². The van der Waals surface area contributed by atoms with E-state index < -0.39 is 24.4 Å². The summed E-state index contributed by atoms with van der Waals surface area (Å²) in [5.41, 5.74) is 1.72. The highest BCUT2D eigenvalue weighted by Gasteiger charge is 2.45. The summed E-state index contributed by atoms with van der Waals surface area (Å²) >= 11 is 1.61. The summed E-state index contributed by atoms with van der Waals surface area (Å²) < 4.78 is 1.29. The molecule has 1 saturated carbocycles. The molecule has 0 spiro atoms. The van der Waals surface area contributed by atoms with Crippen LogP contribution in [0.25, 0.3) is 10.9 Å². The summed E-state index contributed by atoms with van der Waals surface area (Å²) in [6.45, 7) is 4.05. The van der Waals surface area contributed by atoms with Crippen molar-refractivity contribution in [3.05, 3.63) is 36.0 Å². The highest BCUT2D eigenvalue weighted by molar-refractivity contribution is 8.00. The number of hydrogen-bond acceptors (Lipinski definition) is 6. The lowest BCUT2D eigenvalue weighted by molar-refractivity contribution is -0.0699. The first-order valence-electron chi connectivity index (χ1n) is 12.0. The minimum absolute atomic E-state index is 0.0790. The summed E-state index contributed by atoms with van der Waals surface area (Å²) in [7, 11) is 0. The third-order valence-electron chi connectivity index (χ3n) is 7.37. The molecular weight excluding hydrogens is 440 g/mol. The summed E-state index contributed by atoms with van der Waals surface area (Å²) in [4.78, 5) is 11.6. The van der Waals surface area contributed by atoms with Crippen molar-refractivity contribution in [2.24, 2.45) is 5.92 Å². The van der Waals surface area contributed by atoms with Crippen LogP contribution < -0.4 is 5.32 Å². The van der Waals surface area contributed by atoms with Crippen molar-refractivity contribution in [1.29, 1.82) is 0 Å². The van der Waals surface area contributed by atoms with Crippen LogP contribution in [-0.2, 0) is 6.42 Å². The molecule has 0 bridgehead atoms. The third-order valence-corrected chi connectivity index (χ3v) is 9.05. The molecule has 8 atom stereocenters. The Balaban J connectivity index is 1.43. The van der Waals surface area contributed by atoms with Crippen LogP contribution in [0.15, 0.2) is 30.5 Å². The zero-order valence-corrected chi connectivity index (χ0v) is 20.1. The number of nitrogens with one attached hydrogen (secondary N) is 1. The van der Waals surface area contributed by atoms with Crippen LogP contribution in [0.5, 0.6) is 0 Å². The Hall–Kier alpha value is -1.58. The minimum Gasteiger partial charge on any atom is -0.464 e. The molecule has 1 aromatic heterocycles. The molecule has 33 heavy (non-hydrogen) atoms. The number of carbonyl (C=O) groups is 1. The van der Waals surface area contributed by atoms with Gasteiger partial charge in [-0.25, -0.2) is 4.79 Å². The molecule has 0 amide bonds. The second-order valence-corrected chi connectivity index (χ2v) is 11.4. The molecule has 2 fully saturated rings. The van der Waals surface area contributed by atoms with E-state index in [1.165, 1.54) is 4.57 Å². The summed E-state index contributed by atoms with van der Waals surface area (Å²) in [6, 6.07) is 8.06. The van der Waals surface area contributed by atoms with E-state index in [9.17, 15) is 25.2 Å². The third kappa shape index (κ3) is 5.25. The van der Waals surface area contributed by atoms with Crippen LogP contribution in [0.3, 0.4) is 0 Å². The van der Waals surface area contributed by atoms with Gasteiger partial charge in [0, 0.05) is 34.2 Å². The maximum atomic E-state index is 11.6. The number of thioether (sulfide) groups is 1. The average Bonchev–Trinajstić information content (AvgIpc) is 2.99.